The molecule has 1 fully saturated rings. The van der Waals surface area contributed by atoms with Crippen LogP contribution < -0.4 is 10.6 Å². The molecule has 6 heteroatoms. The van der Waals surface area contributed by atoms with E-state index in [2.05, 4.69) is 20.5 Å². The van der Waals surface area contributed by atoms with Crippen molar-refractivity contribution in [2.45, 2.75) is 32.4 Å². The third kappa shape index (κ3) is 3.32. The number of rotatable bonds is 4. The van der Waals surface area contributed by atoms with Gasteiger partial charge in [-0.05, 0) is 20.8 Å². The Kier molecular flexibility index (Phi) is 4.54. The second-order valence-electron chi connectivity index (χ2n) is 5.36. The highest BCUT2D eigenvalue weighted by molar-refractivity contribution is 7.09. The summed E-state index contributed by atoms with van der Waals surface area (Å²) >= 11 is 1.57. The van der Waals surface area contributed by atoms with E-state index in [1.165, 1.54) is 0 Å². The molecule has 1 aromatic heterocycles. The minimum Gasteiger partial charge on any atom is -0.346 e. The molecule has 0 spiro atoms. The van der Waals surface area contributed by atoms with Crippen LogP contribution in [0.2, 0.25) is 0 Å². The molecule has 0 saturated carbocycles. The molecule has 2 rings (SSSR count). The van der Waals surface area contributed by atoms with Crippen LogP contribution in [0.5, 0.6) is 0 Å². The largest absolute Gasteiger partial charge is 0.346 e. The summed E-state index contributed by atoms with van der Waals surface area (Å²) in [7, 11) is 0. The second kappa shape index (κ2) is 5.98. The SMILES string of the molecule is CC(NC(=O)C(C)(C)N1CCNCC1)c1nccs1. The number of nitrogens with zero attached hydrogens (tertiary/aromatic N) is 2. The Balaban J connectivity index is 1.97. The van der Waals surface area contributed by atoms with Crippen LogP contribution in [0.3, 0.4) is 0 Å². The van der Waals surface area contributed by atoms with E-state index in [1.54, 1.807) is 17.5 Å². The summed E-state index contributed by atoms with van der Waals surface area (Å²) in [5.41, 5.74) is -0.479. The van der Waals surface area contributed by atoms with Crippen molar-refractivity contribution in [3.05, 3.63) is 16.6 Å². The zero-order valence-electron chi connectivity index (χ0n) is 11.8. The van der Waals surface area contributed by atoms with Gasteiger partial charge in [0.15, 0.2) is 0 Å². The lowest BCUT2D eigenvalue weighted by Crippen LogP contribution is -2.60. The van der Waals surface area contributed by atoms with Gasteiger partial charge in [0.2, 0.25) is 5.91 Å². The van der Waals surface area contributed by atoms with Crippen molar-refractivity contribution in [3.8, 4) is 0 Å². The Labute approximate surface area is 118 Å². The molecule has 0 aliphatic carbocycles. The van der Waals surface area contributed by atoms with Gasteiger partial charge in [0.05, 0.1) is 11.6 Å². The fourth-order valence-corrected chi connectivity index (χ4v) is 2.90. The molecule has 2 N–H and O–H groups in total. The van der Waals surface area contributed by atoms with E-state index in [-0.39, 0.29) is 11.9 Å². The third-order valence-electron chi connectivity index (χ3n) is 3.63. The van der Waals surface area contributed by atoms with Crippen LogP contribution in [-0.4, -0.2) is 47.5 Å². The maximum Gasteiger partial charge on any atom is 0.240 e. The van der Waals surface area contributed by atoms with Gasteiger partial charge in [-0.3, -0.25) is 9.69 Å². The summed E-state index contributed by atoms with van der Waals surface area (Å²) in [5.74, 6) is 0.0668. The van der Waals surface area contributed by atoms with Gasteiger partial charge in [0.25, 0.3) is 0 Å². The van der Waals surface area contributed by atoms with Gasteiger partial charge in [-0.25, -0.2) is 4.98 Å². The first-order valence-corrected chi connectivity index (χ1v) is 7.56. The standard InChI is InChI=1S/C13H22N4OS/c1-10(11-15-6-9-19-11)16-12(18)13(2,3)17-7-4-14-5-8-17/h6,9-10,14H,4-5,7-8H2,1-3H3,(H,16,18). The number of hydrogen-bond donors (Lipinski definition) is 2. The van der Waals surface area contributed by atoms with Crippen molar-refractivity contribution in [2.24, 2.45) is 0 Å². The zero-order valence-corrected chi connectivity index (χ0v) is 12.6. The molecule has 0 aromatic carbocycles. The number of piperazine rings is 1. The molecule has 5 nitrogen and oxygen atoms in total. The molecule has 1 amide bonds. The fourth-order valence-electron chi connectivity index (χ4n) is 2.25. The smallest absolute Gasteiger partial charge is 0.240 e. The summed E-state index contributed by atoms with van der Waals surface area (Å²) in [5, 5.41) is 9.25. The van der Waals surface area contributed by atoms with Crippen LogP contribution >= 0.6 is 11.3 Å². The monoisotopic (exact) mass is 282 g/mol. The van der Waals surface area contributed by atoms with E-state index in [0.29, 0.717) is 0 Å². The number of nitrogens with one attached hydrogen (secondary N) is 2. The van der Waals surface area contributed by atoms with Crippen molar-refractivity contribution in [1.82, 2.24) is 20.5 Å². The van der Waals surface area contributed by atoms with Crippen molar-refractivity contribution < 1.29 is 4.79 Å². The second-order valence-corrected chi connectivity index (χ2v) is 6.29. The topological polar surface area (TPSA) is 57.3 Å². The van der Waals surface area contributed by atoms with Crippen LogP contribution in [-0.2, 0) is 4.79 Å². The Morgan fingerprint density at radius 1 is 1.53 bits per heavy atom. The minimum atomic E-state index is -0.479. The lowest BCUT2D eigenvalue weighted by molar-refractivity contribution is -0.132. The number of amides is 1. The van der Waals surface area contributed by atoms with Crippen molar-refractivity contribution >= 4 is 17.2 Å². The Bertz CT molecular complexity index is 412. The molecular formula is C13H22N4OS. The summed E-state index contributed by atoms with van der Waals surface area (Å²) in [6, 6.07) is -0.0327. The van der Waals surface area contributed by atoms with Gasteiger partial charge >= 0.3 is 0 Å². The van der Waals surface area contributed by atoms with Gasteiger partial charge in [0.1, 0.15) is 5.01 Å². The molecule has 106 valence electrons. The van der Waals surface area contributed by atoms with E-state index in [9.17, 15) is 4.79 Å². The maximum absolute atomic E-state index is 12.5. The number of hydrogen-bond acceptors (Lipinski definition) is 5. The van der Waals surface area contributed by atoms with E-state index < -0.39 is 5.54 Å². The average Bonchev–Trinajstić information content (AvgIpc) is 2.93. The predicted octanol–water partition coefficient (Wildman–Crippen LogP) is 1.00. The highest BCUT2D eigenvalue weighted by Crippen LogP contribution is 2.19. The molecule has 1 atom stereocenters. The van der Waals surface area contributed by atoms with Crippen LogP contribution in [0.4, 0.5) is 0 Å². The first-order chi connectivity index (χ1) is 9.01. The molecule has 1 aromatic rings. The maximum atomic E-state index is 12.5. The van der Waals surface area contributed by atoms with Crippen LogP contribution in [0.15, 0.2) is 11.6 Å². The highest BCUT2D eigenvalue weighted by atomic mass is 32.1. The first kappa shape index (κ1) is 14.4. The van der Waals surface area contributed by atoms with E-state index >= 15 is 0 Å². The Morgan fingerprint density at radius 2 is 2.21 bits per heavy atom. The van der Waals surface area contributed by atoms with Crippen molar-refractivity contribution in [2.75, 3.05) is 26.2 Å². The first-order valence-electron chi connectivity index (χ1n) is 6.68. The van der Waals surface area contributed by atoms with Gasteiger partial charge < -0.3 is 10.6 Å². The number of thiazole rings is 1. The lowest BCUT2D eigenvalue weighted by Gasteiger charge is -2.40. The molecule has 1 aliphatic rings. The molecule has 19 heavy (non-hydrogen) atoms. The normalized spacial score (nSPS) is 19.1. The molecule has 2 heterocycles. The molecule has 1 unspecified atom stereocenters. The quantitative estimate of drug-likeness (QED) is 0.865. The third-order valence-corrected chi connectivity index (χ3v) is 4.59. The van der Waals surface area contributed by atoms with Crippen LogP contribution in [0.1, 0.15) is 31.8 Å². The summed E-state index contributed by atoms with van der Waals surface area (Å²) in [6.45, 7) is 9.66. The van der Waals surface area contributed by atoms with Crippen LogP contribution in [0, 0.1) is 0 Å². The lowest BCUT2D eigenvalue weighted by atomic mass is 10.00. The molecule has 0 radical (unpaired) electrons. The van der Waals surface area contributed by atoms with Crippen LogP contribution in [0.25, 0.3) is 0 Å². The number of carbonyl (C=O) groups excluding carboxylic acids is 1. The molecule has 1 aliphatic heterocycles. The summed E-state index contributed by atoms with van der Waals surface area (Å²) in [6.07, 6.45) is 1.77. The molecule has 0 bridgehead atoms. The zero-order chi connectivity index (χ0) is 13.9. The average molecular weight is 282 g/mol. The van der Waals surface area contributed by atoms with E-state index in [4.69, 9.17) is 0 Å². The Hall–Kier alpha value is -0.980. The highest BCUT2D eigenvalue weighted by Gasteiger charge is 2.35. The number of aromatic nitrogens is 1. The summed E-state index contributed by atoms with van der Waals surface area (Å²) in [4.78, 5) is 18.9. The summed E-state index contributed by atoms with van der Waals surface area (Å²) < 4.78 is 0. The predicted molar refractivity (Wildman–Crippen MR) is 77.2 cm³/mol. The van der Waals surface area contributed by atoms with E-state index in [0.717, 1.165) is 31.2 Å². The number of carbonyl (C=O) groups is 1. The van der Waals surface area contributed by atoms with Gasteiger partial charge in [0, 0.05) is 37.8 Å². The van der Waals surface area contributed by atoms with Crippen molar-refractivity contribution in [3.63, 3.8) is 0 Å². The minimum absolute atomic E-state index is 0.0327. The Morgan fingerprint density at radius 3 is 2.79 bits per heavy atom. The van der Waals surface area contributed by atoms with Gasteiger partial charge in [-0.2, -0.15) is 0 Å². The van der Waals surface area contributed by atoms with Crippen molar-refractivity contribution in [1.29, 1.82) is 0 Å². The van der Waals surface area contributed by atoms with E-state index in [1.807, 2.05) is 26.2 Å². The van der Waals surface area contributed by atoms with Gasteiger partial charge in [-0.1, -0.05) is 0 Å². The fraction of sp³-hybridized carbons (Fsp3) is 0.692. The molecule has 1 saturated heterocycles. The van der Waals surface area contributed by atoms with Gasteiger partial charge in [-0.15, -0.1) is 11.3 Å². The molecular weight excluding hydrogens is 260 g/mol.